The molecule has 1 saturated heterocycles. The van der Waals surface area contributed by atoms with Crippen molar-refractivity contribution in [1.29, 1.82) is 0 Å². The van der Waals surface area contributed by atoms with Crippen molar-refractivity contribution < 1.29 is 14.3 Å². The van der Waals surface area contributed by atoms with E-state index < -0.39 is 5.79 Å². The number of hydrogen-bond donors (Lipinski definition) is 1. The normalized spacial score (nSPS) is 16.9. The highest BCUT2D eigenvalue weighted by atomic mass is 16.7. The van der Waals surface area contributed by atoms with Crippen molar-refractivity contribution in [3.8, 4) is 11.5 Å². The van der Waals surface area contributed by atoms with Gasteiger partial charge in [0.25, 0.3) is 17.3 Å². The Hall–Kier alpha value is -3.81. The van der Waals surface area contributed by atoms with Crippen LogP contribution in [0.5, 0.6) is 11.5 Å². The molecule has 29 heavy (non-hydrogen) atoms. The Morgan fingerprint density at radius 1 is 1.07 bits per heavy atom. The van der Waals surface area contributed by atoms with E-state index >= 15 is 0 Å². The summed E-state index contributed by atoms with van der Waals surface area (Å²) in [7, 11) is 0. The molecule has 8 heteroatoms. The van der Waals surface area contributed by atoms with Gasteiger partial charge in [0.15, 0.2) is 11.5 Å². The van der Waals surface area contributed by atoms with Crippen molar-refractivity contribution in [1.82, 2.24) is 19.5 Å². The number of aromatic amines is 1. The average molecular weight is 388 g/mol. The van der Waals surface area contributed by atoms with Crippen LogP contribution in [0.1, 0.15) is 16.8 Å². The second kappa shape index (κ2) is 5.60. The molecular weight excluding hydrogens is 372 g/mol. The van der Waals surface area contributed by atoms with E-state index in [9.17, 15) is 9.59 Å². The zero-order valence-electron chi connectivity index (χ0n) is 15.3. The van der Waals surface area contributed by atoms with E-state index in [1.54, 1.807) is 27.6 Å². The van der Waals surface area contributed by atoms with E-state index in [0.717, 1.165) is 0 Å². The summed E-state index contributed by atoms with van der Waals surface area (Å²) in [5.74, 6) is 0.302. The fourth-order valence-electron chi connectivity index (χ4n) is 4.14. The van der Waals surface area contributed by atoms with Crippen LogP contribution in [0.15, 0.2) is 59.5 Å². The lowest BCUT2D eigenvalue weighted by molar-refractivity contribution is -0.0657. The van der Waals surface area contributed by atoms with Gasteiger partial charge < -0.3 is 19.4 Å². The van der Waals surface area contributed by atoms with Gasteiger partial charge in [0.2, 0.25) is 0 Å². The Balaban J connectivity index is 1.35. The quantitative estimate of drug-likeness (QED) is 0.540. The van der Waals surface area contributed by atoms with Gasteiger partial charge in [0.1, 0.15) is 11.2 Å². The fourth-order valence-corrected chi connectivity index (χ4v) is 4.14. The van der Waals surface area contributed by atoms with Crippen molar-refractivity contribution in [2.45, 2.75) is 12.2 Å². The predicted molar refractivity (Wildman–Crippen MR) is 104 cm³/mol. The van der Waals surface area contributed by atoms with Gasteiger partial charge >= 0.3 is 0 Å². The van der Waals surface area contributed by atoms with Crippen molar-refractivity contribution >= 4 is 22.5 Å². The number of ether oxygens (including phenoxy) is 2. The van der Waals surface area contributed by atoms with Gasteiger partial charge in [0, 0.05) is 13.0 Å². The standard InChI is InChI=1S/C21H16N4O4/c26-19-13-5-1-2-6-15(13)25-18(23-19)14(11-22-25)20(27)24-10-9-21(12-24)28-16-7-3-4-8-17(16)29-21/h1-8,11H,9-10,12H2,(H,23,26). The lowest BCUT2D eigenvalue weighted by atomic mass is 10.2. The molecule has 2 aromatic heterocycles. The van der Waals surface area contributed by atoms with Crippen molar-refractivity contribution in [2.24, 2.45) is 0 Å². The first-order valence-electron chi connectivity index (χ1n) is 9.39. The monoisotopic (exact) mass is 388 g/mol. The Bertz CT molecular complexity index is 1330. The second-order valence-corrected chi connectivity index (χ2v) is 7.33. The van der Waals surface area contributed by atoms with E-state index in [0.29, 0.717) is 53.1 Å². The molecule has 0 saturated carbocycles. The molecule has 144 valence electrons. The van der Waals surface area contributed by atoms with Crippen molar-refractivity contribution in [2.75, 3.05) is 13.1 Å². The number of amides is 1. The summed E-state index contributed by atoms with van der Waals surface area (Å²) in [5.41, 5.74) is 1.14. The minimum Gasteiger partial charge on any atom is -0.447 e. The zero-order chi connectivity index (χ0) is 19.6. The van der Waals surface area contributed by atoms with Crippen molar-refractivity contribution in [3.63, 3.8) is 0 Å². The van der Waals surface area contributed by atoms with E-state index in [4.69, 9.17) is 9.47 Å². The molecule has 1 amide bonds. The maximum absolute atomic E-state index is 13.2. The van der Waals surface area contributed by atoms with Crippen LogP contribution >= 0.6 is 0 Å². The van der Waals surface area contributed by atoms with Gasteiger partial charge in [-0.1, -0.05) is 24.3 Å². The predicted octanol–water partition coefficient (Wildman–Crippen LogP) is 2.19. The number of rotatable bonds is 1. The van der Waals surface area contributed by atoms with Crippen LogP contribution in [0.2, 0.25) is 0 Å². The van der Waals surface area contributed by atoms with Crippen LogP contribution in [0.25, 0.3) is 16.6 Å². The third-order valence-electron chi connectivity index (χ3n) is 5.53. The van der Waals surface area contributed by atoms with E-state index in [1.807, 2.05) is 30.3 Å². The van der Waals surface area contributed by atoms with Crippen LogP contribution in [-0.2, 0) is 0 Å². The number of nitrogens with zero attached hydrogens (tertiary/aromatic N) is 3. The van der Waals surface area contributed by atoms with Crippen LogP contribution < -0.4 is 15.0 Å². The number of aromatic nitrogens is 3. The minimum atomic E-state index is -0.859. The fraction of sp³-hybridized carbons (Fsp3) is 0.190. The number of carbonyl (C=O) groups is 1. The number of para-hydroxylation sites is 3. The van der Waals surface area contributed by atoms with Crippen LogP contribution in [0.3, 0.4) is 0 Å². The number of H-pyrrole nitrogens is 1. The average Bonchev–Trinajstić information content (AvgIpc) is 3.44. The first-order valence-corrected chi connectivity index (χ1v) is 9.39. The molecule has 1 spiro atoms. The minimum absolute atomic E-state index is 0.217. The summed E-state index contributed by atoms with van der Waals surface area (Å²) in [5, 5.41) is 4.86. The first kappa shape index (κ1) is 16.2. The van der Waals surface area contributed by atoms with Crippen LogP contribution in [-0.4, -0.2) is 44.3 Å². The molecule has 4 heterocycles. The van der Waals surface area contributed by atoms with Crippen LogP contribution in [0, 0.1) is 0 Å². The van der Waals surface area contributed by atoms with Gasteiger partial charge in [-0.15, -0.1) is 0 Å². The molecule has 0 bridgehead atoms. The maximum atomic E-state index is 13.2. The Morgan fingerprint density at radius 2 is 1.79 bits per heavy atom. The van der Waals surface area contributed by atoms with Gasteiger partial charge in [-0.05, 0) is 24.3 Å². The molecule has 0 unspecified atom stereocenters. The number of benzene rings is 2. The summed E-state index contributed by atoms with van der Waals surface area (Å²) in [6.07, 6.45) is 2.06. The first-order chi connectivity index (χ1) is 14.1. The lowest BCUT2D eigenvalue weighted by Gasteiger charge is -2.22. The summed E-state index contributed by atoms with van der Waals surface area (Å²) in [6.45, 7) is 0.789. The molecule has 1 fully saturated rings. The smallest absolute Gasteiger partial charge is 0.270 e. The molecule has 4 aromatic rings. The second-order valence-electron chi connectivity index (χ2n) is 7.33. The summed E-state index contributed by atoms with van der Waals surface area (Å²) in [6, 6.07) is 14.7. The van der Waals surface area contributed by atoms with Crippen molar-refractivity contribution in [3.05, 3.63) is 70.6 Å². The highest BCUT2D eigenvalue weighted by Crippen LogP contribution is 2.43. The summed E-state index contributed by atoms with van der Waals surface area (Å²) in [4.78, 5) is 30.1. The molecule has 8 nitrogen and oxygen atoms in total. The van der Waals surface area contributed by atoms with Gasteiger partial charge in [0.05, 0.1) is 23.6 Å². The molecular formula is C21H16N4O4. The number of fused-ring (bicyclic) bond motifs is 4. The van der Waals surface area contributed by atoms with E-state index in [-0.39, 0.29) is 11.5 Å². The number of hydrogen-bond acceptors (Lipinski definition) is 5. The van der Waals surface area contributed by atoms with Crippen LogP contribution in [0.4, 0.5) is 0 Å². The van der Waals surface area contributed by atoms with Gasteiger partial charge in [-0.3, -0.25) is 9.59 Å². The van der Waals surface area contributed by atoms with Gasteiger partial charge in [-0.2, -0.15) is 5.10 Å². The molecule has 0 atom stereocenters. The highest BCUT2D eigenvalue weighted by molar-refractivity contribution is 6.00. The van der Waals surface area contributed by atoms with E-state index in [2.05, 4.69) is 10.1 Å². The zero-order valence-corrected chi connectivity index (χ0v) is 15.3. The Kier molecular flexibility index (Phi) is 3.12. The molecule has 1 N–H and O–H groups in total. The number of nitrogens with one attached hydrogen (secondary N) is 1. The lowest BCUT2D eigenvalue weighted by Crippen LogP contribution is -2.42. The molecule has 0 aliphatic carbocycles. The van der Waals surface area contributed by atoms with E-state index in [1.165, 1.54) is 6.20 Å². The summed E-state index contributed by atoms with van der Waals surface area (Å²) >= 11 is 0. The topological polar surface area (TPSA) is 88.9 Å². The Labute approximate surface area is 164 Å². The summed E-state index contributed by atoms with van der Waals surface area (Å²) < 4.78 is 13.6. The molecule has 2 aliphatic rings. The van der Waals surface area contributed by atoms with Gasteiger partial charge in [-0.25, -0.2) is 4.52 Å². The highest BCUT2D eigenvalue weighted by Gasteiger charge is 2.49. The number of carbonyl (C=O) groups excluding carboxylic acids is 1. The molecule has 2 aliphatic heterocycles. The third kappa shape index (κ3) is 2.29. The maximum Gasteiger partial charge on any atom is 0.270 e. The molecule has 2 aromatic carbocycles. The molecule has 6 rings (SSSR count). The largest absolute Gasteiger partial charge is 0.447 e. The third-order valence-corrected chi connectivity index (χ3v) is 5.53. The SMILES string of the molecule is O=C(c1cnn2c1[nH]c(=O)c1ccccc12)N1CCC2(C1)Oc1ccccc1O2. The number of likely N-dealkylation sites (tertiary alicyclic amines) is 1. The molecule has 0 radical (unpaired) electrons. The Morgan fingerprint density at radius 3 is 2.59 bits per heavy atom.